The number of nitro groups is 3. The van der Waals surface area contributed by atoms with Crippen molar-refractivity contribution in [3.8, 4) is 11.8 Å². The van der Waals surface area contributed by atoms with Crippen molar-refractivity contribution in [2.24, 2.45) is 0 Å². The smallest absolute Gasteiger partial charge is 0.303 e. The van der Waals surface area contributed by atoms with Gasteiger partial charge in [-0.1, -0.05) is 37.3 Å². The van der Waals surface area contributed by atoms with Gasteiger partial charge in [0.15, 0.2) is 21.2 Å². The molecule has 0 aromatic carbocycles. The Balaban J connectivity index is 3.84. The molecule has 0 saturated carbocycles. The van der Waals surface area contributed by atoms with Crippen molar-refractivity contribution in [3.63, 3.8) is 0 Å². The van der Waals surface area contributed by atoms with Crippen LogP contribution >= 0.6 is 0 Å². The van der Waals surface area contributed by atoms with E-state index in [-0.39, 0.29) is 6.42 Å². The van der Waals surface area contributed by atoms with Crippen LogP contribution in [0.2, 0.25) is 0 Å². The van der Waals surface area contributed by atoms with Gasteiger partial charge in [0.25, 0.3) is 0 Å². The number of carbonyl (C=O) groups excluding carboxylic acids is 1. The minimum atomic E-state index is -3.34. The molecule has 0 aliphatic carbocycles. The van der Waals surface area contributed by atoms with Crippen molar-refractivity contribution < 1.29 is 19.6 Å². The molecule has 0 amide bonds. The monoisotopic (exact) mass is 397 g/mol. The summed E-state index contributed by atoms with van der Waals surface area (Å²) in [7, 11) is 0. The van der Waals surface area contributed by atoms with Gasteiger partial charge in [-0.05, 0) is 32.1 Å². The summed E-state index contributed by atoms with van der Waals surface area (Å²) in [5.41, 5.74) is 0. The van der Waals surface area contributed by atoms with E-state index in [0.29, 0.717) is 25.7 Å². The molecule has 0 aliphatic rings. The summed E-state index contributed by atoms with van der Waals surface area (Å²) in [4.78, 5) is 38.2. The summed E-state index contributed by atoms with van der Waals surface area (Å²) < 4.78 is 0. The topological polar surface area (TPSA) is 146 Å². The van der Waals surface area contributed by atoms with E-state index in [4.69, 9.17) is 0 Å². The third-order valence-electron chi connectivity index (χ3n) is 4.15. The molecular formula is C18H27N3O7. The molecule has 10 heteroatoms. The van der Waals surface area contributed by atoms with Crippen LogP contribution in [0.15, 0.2) is 12.2 Å². The molecule has 0 aromatic rings. The molecule has 0 heterocycles. The van der Waals surface area contributed by atoms with Gasteiger partial charge in [-0.15, -0.1) is 5.92 Å². The fraction of sp³-hybridized carbons (Fsp3) is 0.722. The number of aldehydes is 1. The van der Waals surface area contributed by atoms with Crippen LogP contribution < -0.4 is 0 Å². The molecule has 0 fully saturated rings. The van der Waals surface area contributed by atoms with Gasteiger partial charge in [-0.3, -0.25) is 30.3 Å². The summed E-state index contributed by atoms with van der Waals surface area (Å²) in [6.45, 7) is 0. The van der Waals surface area contributed by atoms with Crippen molar-refractivity contribution in [2.45, 2.75) is 82.8 Å². The zero-order chi connectivity index (χ0) is 21.3. The van der Waals surface area contributed by atoms with E-state index in [1.807, 2.05) is 6.08 Å². The Morgan fingerprint density at radius 3 is 1.89 bits per heavy atom. The molecule has 10 nitrogen and oxygen atoms in total. The molecule has 28 heavy (non-hydrogen) atoms. The van der Waals surface area contributed by atoms with Crippen LogP contribution in [0.1, 0.15) is 77.0 Å². The Kier molecular flexibility index (Phi) is 13.7. The lowest BCUT2D eigenvalue weighted by atomic mass is 10.1. The van der Waals surface area contributed by atoms with E-state index in [0.717, 1.165) is 44.8 Å². The number of rotatable bonds is 16. The Bertz CT molecular complexity index is 572. The van der Waals surface area contributed by atoms with E-state index in [1.165, 1.54) is 0 Å². The first kappa shape index (κ1) is 25.2. The number of unbranched alkanes of at least 4 members (excludes halogenated alkanes) is 8. The molecule has 0 spiro atoms. The summed E-state index contributed by atoms with van der Waals surface area (Å²) >= 11 is 0. The van der Waals surface area contributed by atoms with Gasteiger partial charge in [0.05, 0.1) is 0 Å². The van der Waals surface area contributed by atoms with Gasteiger partial charge in [-0.2, -0.15) is 0 Å². The highest BCUT2D eigenvalue weighted by Gasteiger charge is 2.69. The summed E-state index contributed by atoms with van der Waals surface area (Å²) in [6, 6.07) is 0. The first-order valence-corrected chi connectivity index (χ1v) is 9.37. The molecule has 0 radical (unpaired) electrons. The van der Waals surface area contributed by atoms with Crippen molar-refractivity contribution >= 4 is 6.29 Å². The first-order chi connectivity index (χ1) is 13.4. The predicted molar refractivity (Wildman–Crippen MR) is 102 cm³/mol. The zero-order valence-corrected chi connectivity index (χ0v) is 15.9. The van der Waals surface area contributed by atoms with Gasteiger partial charge in [0.2, 0.25) is 0 Å². The Morgan fingerprint density at radius 2 is 1.29 bits per heavy atom. The molecule has 0 aliphatic heterocycles. The lowest BCUT2D eigenvalue weighted by Crippen LogP contribution is -2.53. The molecule has 0 atom stereocenters. The van der Waals surface area contributed by atoms with E-state index < -0.39 is 27.0 Å². The molecule has 0 rings (SSSR count). The second-order valence-electron chi connectivity index (χ2n) is 6.29. The summed E-state index contributed by atoms with van der Waals surface area (Å²) in [5, 5.41) is 32.4. The van der Waals surface area contributed by atoms with Crippen LogP contribution in [0.4, 0.5) is 0 Å². The van der Waals surface area contributed by atoms with Crippen LogP contribution in [0, 0.1) is 42.2 Å². The quantitative estimate of drug-likeness (QED) is 0.0729. The Hall–Kier alpha value is -2.83. The van der Waals surface area contributed by atoms with Crippen molar-refractivity contribution in [1.29, 1.82) is 0 Å². The van der Waals surface area contributed by atoms with Gasteiger partial charge in [0, 0.05) is 19.3 Å². The average Bonchev–Trinajstić information content (AvgIpc) is 2.63. The molecular weight excluding hydrogens is 370 g/mol. The standard InChI is InChI=1S/C18H27N3O7/c22-17-15-13-11-9-7-5-3-1-2-4-6-8-10-12-14-16-18(19(23)24,20(25)26)21(27)28/h5,7,17H,3-4,6,8-16H2. The SMILES string of the molecule is O=CCCCCC=CCC#CCCCCCCCC([N+](=O)[O-])([N+](=O)[O-])[N+](=O)[O-]. The third kappa shape index (κ3) is 9.75. The van der Waals surface area contributed by atoms with Crippen LogP contribution in [0.25, 0.3) is 0 Å². The predicted octanol–water partition coefficient (Wildman–Crippen LogP) is 3.91. The van der Waals surface area contributed by atoms with Crippen molar-refractivity contribution in [3.05, 3.63) is 42.5 Å². The first-order valence-electron chi connectivity index (χ1n) is 9.37. The number of hydrogen-bond acceptors (Lipinski definition) is 7. The highest BCUT2D eigenvalue weighted by molar-refractivity contribution is 5.48. The highest BCUT2D eigenvalue weighted by atomic mass is 16.7. The fourth-order valence-corrected chi connectivity index (χ4v) is 2.49. The van der Waals surface area contributed by atoms with Crippen molar-refractivity contribution in [1.82, 2.24) is 0 Å². The molecule has 0 saturated heterocycles. The van der Waals surface area contributed by atoms with Gasteiger partial charge < -0.3 is 4.79 Å². The maximum absolute atomic E-state index is 10.8. The number of carbonyl (C=O) groups is 1. The fourth-order valence-electron chi connectivity index (χ4n) is 2.49. The second-order valence-corrected chi connectivity index (χ2v) is 6.29. The van der Waals surface area contributed by atoms with Crippen LogP contribution in [0.3, 0.4) is 0 Å². The minimum absolute atomic E-state index is 0.0479. The van der Waals surface area contributed by atoms with Gasteiger partial charge >= 0.3 is 5.79 Å². The Morgan fingerprint density at radius 1 is 0.714 bits per heavy atom. The molecule has 0 bridgehead atoms. The average molecular weight is 397 g/mol. The summed E-state index contributed by atoms with van der Waals surface area (Å²) in [5.74, 6) is 2.73. The number of nitrogens with zero attached hydrogens (tertiary/aromatic N) is 3. The third-order valence-corrected chi connectivity index (χ3v) is 4.15. The minimum Gasteiger partial charge on any atom is -0.303 e. The van der Waals surface area contributed by atoms with E-state index in [1.54, 1.807) is 0 Å². The van der Waals surface area contributed by atoms with Crippen LogP contribution in [-0.2, 0) is 4.79 Å². The van der Waals surface area contributed by atoms with Gasteiger partial charge in [-0.25, -0.2) is 0 Å². The normalized spacial score (nSPS) is 11.0. The molecule has 0 N–H and O–H groups in total. The van der Waals surface area contributed by atoms with Gasteiger partial charge in [0.1, 0.15) is 6.29 Å². The lowest BCUT2D eigenvalue weighted by molar-refractivity contribution is -0.970. The molecule has 0 unspecified atom stereocenters. The molecule has 156 valence electrons. The zero-order valence-electron chi connectivity index (χ0n) is 15.9. The lowest BCUT2D eigenvalue weighted by Gasteiger charge is -2.08. The number of hydrogen-bond donors (Lipinski definition) is 0. The summed E-state index contributed by atoms with van der Waals surface area (Å²) in [6.07, 6.45) is 12.0. The highest BCUT2D eigenvalue weighted by Crippen LogP contribution is 2.21. The Labute approximate surface area is 163 Å². The largest absolute Gasteiger partial charge is 0.699 e. The van der Waals surface area contributed by atoms with E-state index in [9.17, 15) is 35.1 Å². The van der Waals surface area contributed by atoms with Crippen LogP contribution in [-0.4, -0.2) is 26.8 Å². The van der Waals surface area contributed by atoms with Crippen molar-refractivity contribution in [2.75, 3.05) is 0 Å². The molecule has 0 aromatic heterocycles. The maximum atomic E-state index is 10.8. The van der Waals surface area contributed by atoms with E-state index >= 15 is 0 Å². The second kappa shape index (κ2) is 15.2. The van der Waals surface area contributed by atoms with E-state index in [2.05, 4.69) is 17.9 Å². The number of allylic oxidation sites excluding steroid dienone is 2. The maximum Gasteiger partial charge on any atom is 0.699 e. The van der Waals surface area contributed by atoms with Crippen LogP contribution in [0.5, 0.6) is 0 Å².